The molecular weight excluding hydrogens is 422 g/mol. The summed E-state index contributed by atoms with van der Waals surface area (Å²) in [6, 6.07) is 11.8. The molecule has 7 heteroatoms. The number of hydrogen-bond acceptors (Lipinski definition) is 5. The van der Waals surface area contributed by atoms with Gasteiger partial charge in [-0.2, -0.15) is 0 Å². The lowest BCUT2D eigenvalue weighted by atomic mass is 9.98. The number of aromatic nitrogens is 2. The maximum Gasteiger partial charge on any atom is 0.165 e. The molecule has 0 amide bonds. The van der Waals surface area contributed by atoms with Crippen LogP contribution in [-0.2, 0) is 15.6 Å². The van der Waals surface area contributed by atoms with Crippen LogP contribution in [0.4, 0.5) is 5.69 Å². The number of aromatic amines is 1. The van der Waals surface area contributed by atoms with Crippen molar-refractivity contribution in [2.24, 2.45) is 5.92 Å². The Labute approximate surface area is 189 Å². The summed E-state index contributed by atoms with van der Waals surface area (Å²) in [7, 11) is 0.594. The number of nitrogens with one attached hydrogen (secondary N) is 1. The molecule has 2 aromatic carbocycles. The monoisotopic (exact) mass is 449 g/mol. The van der Waals surface area contributed by atoms with Crippen molar-refractivity contribution in [3.63, 3.8) is 0 Å². The van der Waals surface area contributed by atoms with E-state index in [0.29, 0.717) is 23.1 Å². The van der Waals surface area contributed by atoms with Gasteiger partial charge in [0.15, 0.2) is 5.75 Å². The van der Waals surface area contributed by atoms with Crippen LogP contribution in [0.3, 0.4) is 0 Å². The summed E-state index contributed by atoms with van der Waals surface area (Å²) in [5.41, 5.74) is 11.5. The lowest BCUT2D eigenvalue weighted by Crippen LogP contribution is -1.96. The topological polar surface area (TPSA) is 98.1 Å². The lowest BCUT2D eigenvalue weighted by molar-refractivity contribution is -0.108. The van der Waals surface area contributed by atoms with Gasteiger partial charge in [0.2, 0.25) is 0 Å². The number of nitrogen functional groups attached to an aromatic ring is 1. The summed E-state index contributed by atoms with van der Waals surface area (Å²) in [5.74, 6) is 1.65. The number of benzene rings is 2. The van der Waals surface area contributed by atoms with Crippen molar-refractivity contribution in [2.75, 3.05) is 18.6 Å². The number of carbonyl (C=O) groups is 1. The van der Waals surface area contributed by atoms with E-state index in [1.807, 2.05) is 50.4 Å². The van der Waals surface area contributed by atoms with Gasteiger partial charge in [-0.3, -0.25) is 4.21 Å². The Morgan fingerprint density at radius 1 is 1.28 bits per heavy atom. The number of rotatable bonds is 5. The first-order chi connectivity index (χ1) is 15.5. The second-order valence-corrected chi connectivity index (χ2v) is 9.71. The second kappa shape index (κ2) is 9.12. The van der Waals surface area contributed by atoms with Crippen LogP contribution in [0.1, 0.15) is 25.3 Å². The molecule has 3 N–H and O–H groups in total. The van der Waals surface area contributed by atoms with Crippen LogP contribution >= 0.6 is 0 Å². The van der Waals surface area contributed by atoms with Crippen LogP contribution in [0.2, 0.25) is 0 Å². The Hall–Kier alpha value is -3.19. The van der Waals surface area contributed by atoms with Gasteiger partial charge in [0.25, 0.3) is 0 Å². The van der Waals surface area contributed by atoms with Gasteiger partial charge in [0.05, 0.1) is 29.1 Å². The van der Waals surface area contributed by atoms with Gasteiger partial charge in [-0.1, -0.05) is 19.1 Å². The Kier molecular flexibility index (Phi) is 6.28. The van der Waals surface area contributed by atoms with E-state index >= 15 is 0 Å². The van der Waals surface area contributed by atoms with Crippen molar-refractivity contribution < 1.29 is 13.7 Å². The number of anilines is 1. The number of nitrogens with zero attached hydrogens (tertiary/aromatic N) is 1. The van der Waals surface area contributed by atoms with E-state index in [2.05, 4.69) is 16.0 Å². The molecule has 1 aliphatic rings. The van der Waals surface area contributed by atoms with Gasteiger partial charge in [0, 0.05) is 33.5 Å². The SMILES string of the molecule is CCS(=O)c1cccc(-c2cc(N)c(OC)c3[nH]c4ncc(C)cc4c23)c1.O=CC1CC1. The molecule has 2 heterocycles. The highest BCUT2D eigenvalue weighted by atomic mass is 32.2. The number of carbonyl (C=O) groups excluding carboxylic acids is 1. The number of aldehydes is 1. The fourth-order valence-electron chi connectivity index (χ4n) is 3.71. The van der Waals surface area contributed by atoms with Gasteiger partial charge in [0.1, 0.15) is 11.9 Å². The predicted molar refractivity (Wildman–Crippen MR) is 130 cm³/mol. The van der Waals surface area contributed by atoms with Crippen LogP contribution in [0.25, 0.3) is 33.1 Å². The summed E-state index contributed by atoms with van der Waals surface area (Å²) >= 11 is 0. The molecule has 1 saturated carbocycles. The van der Waals surface area contributed by atoms with Gasteiger partial charge >= 0.3 is 0 Å². The Morgan fingerprint density at radius 3 is 2.69 bits per heavy atom. The molecule has 1 unspecified atom stereocenters. The van der Waals surface area contributed by atoms with E-state index < -0.39 is 10.8 Å². The Balaban J connectivity index is 0.000000433. The minimum atomic E-state index is -1.02. The van der Waals surface area contributed by atoms with E-state index in [4.69, 9.17) is 10.5 Å². The van der Waals surface area contributed by atoms with Crippen LogP contribution in [0.5, 0.6) is 5.75 Å². The molecule has 0 bridgehead atoms. The van der Waals surface area contributed by atoms with E-state index in [1.165, 1.54) is 0 Å². The number of pyridine rings is 1. The van der Waals surface area contributed by atoms with E-state index in [0.717, 1.165) is 62.6 Å². The van der Waals surface area contributed by atoms with Crippen LogP contribution < -0.4 is 10.5 Å². The maximum absolute atomic E-state index is 12.3. The van der Waals surface area contributed by atoms with Crippen LogP contribution in [-0.4, -0.2) is 33.3 Å². The highest BCUT2D eigenvalue weighted by Gasteiger charge is 2.19. The molecule has 32 heavy (non-hydrogen) atoms. The highest BCUT2D eigenvalue weighted by Crippen LogP contribution is 2.42. The van der Waals surface area contributed by atoms with Crippen molar-refractivity contribution in [1.29, 1.82) is 0 Å². The lowest BCUT2D eigenvalue weighted by Gasteiger charge is -2.12. The number of H-pyrrole nitrogens is 1. The number of fused-ring (bicyclic) bond motifs is 3. The number of methoxy groups -OCH3 is 1. The molecule has 6 nitrogen and oxygen atoms in total. The molecule has 1 atom stereocenters. The van der Waals surface area contributed by atoms with Crippen molar-refractivity contribution >= 4 is 44.7 Å². The molecular formula is C25H27N3O3S. The fraction of sp³-hybridized carbons (Fsp3) is 0.280. The third kappa shape index (κ3) is 4.25. The number of hydrogen-bond donors (Lipinski definition) is 2. The number of nitrogens with two attached hydrogens (primary N) is 1. The van der Waals surface area contributed by atoms with Gasteiger partial charge in [-0.05, 0) is 60.7 Å². The Morgan fingerprint density at radius 2 is 2.06 bits per heavy atom. The zero-order valence-electron chi connectivity index (χ0n) is 18.5. The predicted octanol–water partition coefficient (Wildman–Crippen LogP) is 5.01. The third-order valence-electron chi connectivity index (χ3n) is 5.53. The first-order valence-electron chi connectivity index (χ1n) is 10.6. The first kappa shape index (κ1) is 22.0. The summed E-state index contributed by atoms with van der Waals surface area (Å²) in [6.07, 6.45) is 5.14. The zero-order valence-corrected chi connectivity index (χ0v) is 19.3. The molecule has 166 valence electrons. The molecule has 0 spiro atoms. The molecule has 4 aromatic rings. The fourth-order valence-corrected chi connectivity index (χ4v) is 4.54. The second-order valence-electron chi connectivity index (χ2n) is 7.97. The van der Waals surface area contributed by atoms with Crippen LogP contribution in [0.15, 0.2) is 47.5 Å². The molecule has 0 radical (unpaired) electrons. The standard InChI is InChI=1S/C21H21N3O2S.C4H6O/c1-4-27(25)14-7-5-6-13(9-14)15-10-17(22)20(26-3)19-18(15)16-8-12(2)11-23-21(16)24-19;5-3-4-1-2-4/h5-11H,4,22H2,1-3H3,(H,23,24);3-4H,1-2H2. The molecule has 2 aromatic heterocycles. The van der Waals surface area contributed by atoms with E-state index in [9.17, 15) is 9.00 Å². The molecule has 0 saturated heterocycles. The summed E-state index contributed by atoms with van der Waals surface area (Å²) in [6.45, 7) is 3.94. The smallest absolute Gasteiger partial charge is 0.165 e. The highest BCUT2D eigenvalue weighted by molar-refractivity contribution is 7.85. The minimum Gasteiger partial charge on any atom is -0.492 e. The van der Waals surface area contributed by atoms with Crippen LogP contribution in [0, 0.1) is 12.8 Å². The van der Waals surface area contributed by atoms with Gasteiger partial charge < -0.3 is 20.2 Å². The average molecular weight is 450 g/mol. The van der Waals surface area contributed by atoms with Crippen molar-refractivity contribution in [3.05, 3.63) is 48.2 Å². The van der Waals surface area contributed by atoms with E-state index in [1.54, 1.807) is 7.11 Å². The maximum atomic E-state index is 12.3. The quantitative estimate of drug-likeness (QED) is 0.330. The largest absolute Gasteiger partial charge is 0.492 e. The summed E-state index contributed by atoms with van der Waals surface area (Å²) < 4.78 is 17.8. The van der Waals surface area contributed by atoms with Crippen molar-refractivity contribution in [3.8, 4) is 16.9 Å². The molecule has 0 aliphatic heterocycles. The van der Waals surface area contributed by atoms with Crippen molar-refractivity contribution in [1.82, 2.24) is 9.97 Å². The number of aryl methyl sites for hydroxylation is 1. The molecule has 1 fully saturated rings. The normalized spacial score (nSPS) is 14.1. The summed E-state index contributed by atoms with van der Waals surface area (Å²) in [4.78, 5) is 18.2. The molecule has 5 rings (SSSR count). The number of ether oxygens (including phenoxy) is 1. The first-order valence-corrected chi connectivity index (χ1v) is 12.0. The molecule has 1 aliphatic carbocycles. The summed E-state index contributed by atoms with van der Waals surface area (Å²) in [5, 5.41) is 2.02. The van der Waals surface area contributed by atoms with Crippen molar-refractivity contribution in [2.45, 2.75) is 31.6 Å². The zero-order chi connectivity index (χ0) is 22.8. The van der Waals surface area contributed by atoms with Gasteiger partial charge in [-0.15, -0.1) is 0 Å². The third-order valence-corrected chi connectivity index (χ3v) is 6.84. The van der Waals surface area contributed by atoms with Gasteiger partial charge in [-0.25, -0.2) is 4.98 Å². The Bertz CT molecular complexity index is 1330. The van der Waals surface area contributed by atoms with E-state index in [-0.39, 0.29) is 0 Å². The minimum absolute atomic E-state index is 0.454. The average Bonchev–Trinajstić information content (AvgIpc) is 3.58.